The van der Waals surface area contributed by atoms with Crippen molar-refractivity contribution in [2.75, 3.05) is 19.0 Å². The summed E-state index contributed by atoms with van der Waals surface area (Å²) in [6.45, 7) is 2.23. The Labute approximate surface area is 97.1 Å². The molecule has 0 aliphatic heterocycles. The number of aryl methyl sites for hydroxylation is 1. The van der Waals surface area contributed by atoms with Crippen LogP contribution >= 0.6 is 0 Å². The maximum absolute atomic E-state index is 8.12. The van der Waals surface area contributed by atoms with Crippen LogP contribution in [0.1, 0.15) is 25.3 Å². The van der Waals surface area contributed by atoms with Crippen molar-refractivity contribution in [3.05, 3.63) is 29.8 Å². The van der Waals surface area contributed by atoms with E-state index in [1.807, 2.05) is 0 Å². The van der Waals surface area contributed by atoms with Gasteiger partial charge in [0, 0.05) is 19.8 Å². The first-order valence-corrected chi connectivity index (χ1v) is 5.41. The lowest BCUT2D eigenvalue weighted by Gasteiger charge is -2.12. The van der Waals surface area contributed by atoms with E-state index in [2.05, 4.69) is 50.2 Å². The first kappa shape index (κ1) is 14.4. The van der Waals surface area contributed by atoms with Crippen LogP contribution in [0.2, 0.25) is 0 Å². The van der Waals surface area contributed by atoms with Crippen molar-refractivity contribution in [3.63, 3.8) is 0 Å². The Morgan fingerprint density at radius 1 is 1.12 bits per heavy atom. The summed E-state index contributed by atoms with van der Waals surface area (Å²) in [4.78, 5) is 18.4. The number of benzene rings is 1. The van der Waals surface area contributed by atoms with Crippen LogP contribution in [0.15, 0.2) is 24.3 Å². The Morgan fingerprint density at radius 3 is 2.00 bits per heavy atom. The van der Waals surface area contributed by atoms with Gasteiger partial charge in [0.2, 0.25) is 0 Å². The fourth-order valence-corrected chi connectivity index (χ4v) is 1.34. The third-order valence-corrected chi connectivity index (χ3v) is 2.27. The monoisotopic (exact) mass is 221 g/mol. The van der Waals surface area contributed by atoms with E-state index in [4.69, 9.17) is 9.59 Å². The molecule has 0 heterocycles. The highest BCUT2D eigenvalue weighted by Gasteiger charge is 1.95. The van der Waals surface area contributed by atoms with Crippen LogP contribution in [0.25, 0.3) is 0 Å². The number of nitrogens with zero attached hydrogens (tertiary/aromatic N) is 1. The van der Waals surface area contributed by atoms with E-state index in [-0.39, 0.29) is 6.15 Å². The number of carbonyl (C=O) groups excluding carboxylic acids is 2. The minimum Gasteiger partial charge on any atom is -0.378 e. The van der Waals surface area contributed by atoms with Gasteiger partial charge in [0.15, 0.2) is 0 Å². The molecule has 3 nitrogen and oxygen atoms in total. The predicted octanol–water partition coefficient (Wildman–Crippen LogP) is 2.51. The van der Waals surface area contributed by atoms with E-state index in [1.165, 1.54) is 30.5 Å². The van der Waals surface area contributed by atoms with Gasteiger partial charge in [-0.15, -0.1) is 0 Å². The zero-order valence-corrected chi connectivity index (χ0v) is 10.2. The van der Waals surface area contributed by atoms with Crippen LogP contribution in [0.4, 0.5) is 5.69 Å². The summed E-state index contributed by atoms with van der Waals surface area (Å²) in [5, 5.41) is 0. The van der Waals surface area contributed by atoms with Crippen molar-refractivity contribution in [1.82, 2.24) is 0 Å². The Balaban J connectivity index is 0.000000673. The Hall–Kier alpha value is -1.60. The number of unbranched alkanes of at least 4 members (excludes halogenated alkanes) is 1. The van der Waals surface area contributed by atoms with Gasteiger partial charge in [-0.1, -0.05) is 25.5 Å². The molecule has 0 spiro atoms. The van der Waals surface area contributed by atoms with Crippen LogP contribution in [-0.2, 0) is 16.0 Å². The second kappa shape index (κ2) is 8.69. The molecule has 0 bridgehead atoms. The zero-order chi connectivity index (χ0) is 12.4. The summed E-state index contributed by atoms with van der Waals surface area (Å²) in [6, 6.07) is 8.83. The van der Waals surface area contributed by atoms with Crippen molar-refractivity contribution in [1.29, 1.82) is 0 Å². The number of hydrogen-bond donors (Lipinski definition) is 0. The molecule has 16 heavy (non-hydrogen) atoms. The molecule has 0 saturated carbocycles. The molecule has 0 atom stereocenters. The molecule has 1 aromatic carbocycles. The Morgan fingerprint density at radius 2 is 1.62 bits per heavy atom. The zero-order valence-electron chi connectivity index (χ0n) is 10.2. The highest BCUT2D eigenvalue weighted by atomic mass is 16.2. The van der Waals surface area contributed by atoms with Gasteiger partial charge in [0.1, 0.15) is 0 Å². The average Bonchev–Trinajstić information content (AvgIpc) is 2.28. The summed E-state index contributed by atoms with van der Waals surface area (Å²) >= 11 is 0. The van der Waals surface area contributed by atoms with Gasteiger partial charge in [0.05, 0.1) is 0 Å². The van der Waals surface area contributed by atoms with Gasteiger partial charge in [-0.05, 0) is 30.5 Å². The van der Waals surface area contributed by atoms with Gasteiger partial charge in [-0.25, -0.2) is 0 Å². The second-order valence-electron chi connectivity index (χ2n) is 3.75. The van der Waals surface area contributed by atoms with Crippen LogP contribution in [-0.4, -0.2) is 20.2 Å². The van der Waals surface area contributed by atoms with Gasteiger partial charge >= 0.3 is 6.15 Å². The number of hydrogen-bond acceptors (Lipinski definition) is 3. The highest BCUT2D eigenvalue weighted by Crippen LogP contribution is 2.13. The summed E-state index contributed by atoms with van der Waals surface area (Å²) in [5.41, 5.74) is 2.73. The minimum atomic E-state index is 0.250. The molecule has 0 saturated heterocycles. The first-order valence-electron chi connectivity index (χ1n) is 5.41. The van der Waals surface area contributed by atoms with E-state index in [9.17, 15) is 0 Å². The molecular formula is C13H19NO2. The normalized spacial score (nSPS) is 8.69. The minimum absolute atomic E-state index is 0.250. The quantitative estimate of drug-likeness (QED) is 0.784. The summed E-state index contributed by atoms with van der Waals surface area (Å²) in [7, 11) is 4.14. The maximum Gasteiger partial charge on any atom is 0.373 e. The lowest BCUT2D eigenvalue weighted by molar-refractivity contribution is -0.191. The molecule has 0 unspecified atom stereocenters. The standard InChI is InChI=1S/C12H19N.CO2/c1-4-5-6-11-7-9-12(10-8-11)13(2)3;2-1-3/h7-10H,4-6H2,1-3H3;. The third kappa shape index (κ3) is 5.99. The fourth-order valence-electron chi connectivity index (χ4n) is 1.34. The SMILES string of the molecule is CCCCc1ccc(N(C)C)cc1.O=C=O. The Kier molecular flexibility index (Phi) is 7.82. The summed E-state index contributed by atoms with van der Waals surface area (Å²) < 4.78 is 0. The lowest BCUT2D eigenvalue weighted by atomic mass is 10.1. The molecule has 1 rings (SSSR count). The van der Waals surface area contributed by atoms with E-state index in [1.54, 1.807) is 0 Å². The molecule has 0 aliphatic carbocycles. The molecule has 88 valence electrons. The molecular weight excluding hydrogens is 202 g/mol. The van der Waals surface area contributed by atoms with Gasteiger partial charge in [-0.3, -0.25) is 0 Å². The van der Waals surface area contributed by atoms with E-state index in [0.29, 0.717) is 0 Å². The fraction of sp³-hybridized carbons (Fsp3) is 0.462. The van der Waals surface area contributed by atoms with Gasteiger partial charge in [0.25, 0.3) is 0 Å². The first-order chi connectivity index (χ1) is 7.65. The van der Waals surface area contributed by atoms with E-state index in [0.717, 1.165) is 0 Å². The van der Waals surface area contributed by atoms with Crippen molar-refractivity contribution < 1.29 is 9.59 Å². The van der Waals surface area contributed by atoms with Crippen molar-refractivity contribution >= 4 is 11.8 Å². The van der Waals surface area contributed by atoms with Gasteiger partial charge < -0.3 is 4.90 Å². The van der Waals surface area contributed by atoms with E-state index >= 15 is 0 Å². The number of anilines is 1. The predicted molar refractivity (Wildman–Crippen MR) is 64.4 cm³/mol. The van der Waals surface area contributed by atoms with Crippen LogP contribution < -0.4 is 4.90 Å². The van der Waals surface area contributed by atoms with Gasteiger partial charge in [-0.2, -0.15) is 9.59 Å². The molecule has 0 N–H and O–H groups in total. The summed E-state index contributed by atoms with van der Waals surface area (Å²) in [5.74, 6) is 0. The maximum atomic E-state index is 8.12. The van der Waals surface area contributed by atoms with E-state index < -0.39 is 0 Å². The van der Waals surface area contributed by atoms with Crippen molar-refractivity contribution in [2.24, 2.45) is 0 Å². The van der Waals surface area contributed by atoms with Crippen molar-refractivity contribution in [3.8, 4) is 0 Å². The third-order valence-electron chi connectivity index (χ3n) is 2.27. The second-order valence-corrected chi connectivity index (χ2v) is 3.75. The Bertz CT molecular complexity index is 311. The highest BCUT2D eigenvalue weighted by molar-refractivity contribution is 5.45. The molecule has 0 fully saturated rings. The van der Waals surface area contributed by atoms with Crippen molar-refractivity contribution in [2.45, 2.75) is 26.2 Å². The largest absolute Gasteiger partial charge is 0.378 e. The molecule has 0 aromatic heterocycles. The molecule has 0 aliphatic rings. The van der Waals surface area contributed by atoms with Crippen LogP contribution in [0.3, 0.4) is 0 Å². The average molecular weight is 221 g/mol. The number of rotatable bonds is 4. The smallest absolute Gasteiger partial charge is 0.373 e. The van der Waals surface area contributed by atoms with Crippen LogP contribution in [0, 0.1) is 0 Å². The molecule has 1 aromatic rings. The topological polar surface area (TPSA) is 37.4 Å². The summed E-state index contributed by atoms with van der Waals surface area (Å²) in [6.07, 6.45) is 4.03. The lowest BCUT2D eigenvalue weighted by Crippen LogP contribution is -2.08. The molecule has 0 amide bonds. The van der Waals surface area contributed by atoms with Crippen LogP contribution in [0.5, 0.6) is 0 Å². The molecule has 3 heteroatoms. The molecule has 0 radical (unpaired) electrons.